The lowest BCUT2D eigenvalue weighted by atomic mass is 10.2. The summed E-state index contributed by atoms with van der Waals surface area (Å²) >= 11 is 0. The summed E-state index contributed by atoms with van der Waals surface area (Å²) < 4.78 is 9.59. The molecule has 0 amide bonds. The Bertz CT molecular complexity index is 475. The quantitative estimate of drug-likeness (QED) is 0.644. The van der Waals surface area contributed by atoms with Gasteiger partial charge in [0.25, 0.3) is 0 Å². The molecule has 0 saturated carbocycles. The molecule has 1 aliphatic heterocycles. The third-order valence-electron chi connectivity index (χ3n) is 2.45. The monoisotopic (exact) mass is 248 g/mol. The van der Waals surface area contributed by atoms with Gasteiger partial charge < -0.3 is 14.6 Å². The predicted octanol–water partition coefficient (Wildman–Crippen LogP) is 1.26. The Morgan fingerprint density at radius 1 is 1.39 bits per heavy atom. The predicted molar refractivity (Wildman–Crippen MR) is 62.6 cm³/mol. The molecule has 1 saturated heterocycles. The van der Waals surface area contributed by atoms with Crippen LogP contribution in [0.3, 0.4) is 0 Å². The van der Waals surface area contributed by atoms with Crippen molar-refractivity contribution in [3.63, 3.8) is 0 Å². The molecule has 0 aliphatic carbocycles. The van der Waals surface area contributed by atoms with Crippen molar-refractivity contribution in [2.24, 2.45) is 0 Å². The molecule has 0 aromatic heterocycles. The highest BCUT2D eigenvalue weighted by Gasteiger charge is 2.29. The largest absolute Gasteiger partial charge is 0.508 e. The fraction of sp³-hybridized carbons (Fsp3) is 0.231. The van der Waals surface area contributed by atoms with Gasteiger partial charge in [-0.05, 0) is 23.8 Å². The Labute approximate surface area is 104 Å². The second kappa shape index (κ2) is 5.35. The summed E-state index contributed by atoms with van der Waals surface area (Å²) in [6.07, 6.45) is 2.39. The summed E-state index contributed by atoms with van der Waals surface area (Å²) in [4.78, 5) is 22.5. The fourth-order valence-electron chi connectivity index (χ4n) is 1.51. The Balaban J connectivity index is 1.90. The highest BCUT2D eigenvalue weighted by atomic mass is 16.6. The van der Waals surface area contributed by atoms with Crippen LogP contribution < -0.4 is 0 Å². The number of phenols is 1. The van der Waals surface area contributed by atoms with Gasteiger partial charge in [0.1, 0.15) is 5.75 Å². The van der Waals surface area contributed by atoms with Crippen molar-refractivity contribution in [2.45, 2.75) is 12.5 Å². The maximum absolute atomic E-state index is 11.4. The summed E-state index contributed by atoms with van der Waals surface area (Å²) in [5.41, 5.74) is 0.749. The number of carbonyl (C=O) groups excluding carboxylic acids is 2. The van der Waals surface area contributed by atoms with Crippen molar-refractivity contribution in [3.05, 3.63) is 35.9 Å². The van der Waals surface area contributed by atoms with Crippen LogP contribution in [0.25, 0.3) is 6.08 Å². The molecule has 1 heterocycles. The molecule has 1 aromatic rings. The van der Waals surface area contributed by atoms with E-state index in [4.69, 9.17) is 9.84 Å². The highest BCUT2D eigenvalue weighted by molar-refractivity contribution is 5.89. The highest BCUT2D eigenvalue weighted by Crippen LogP contribution is 2.12. The number of ether oxygens (including phenoxy) is 2. The molecule has 2 rings (SSSR count). The molecule has 5 heteroatoms. The van der Waals surface area contributed by atoms with Crippen LogP contribution in [0, 0.1) is 0 Å². The van der Waals surface area contributed by atoms with E-state index in [0.29, 0.717) is 13.0 Å². The minimum Gasteiger partial charge on any atom is -0.508 e. The summed E-state index contributed by atoms with van der Waals surface area (Å²) in [6, 6.07) is 6.34. The Hall–Kier alpha value is -2.30. The summed E-state index contributed by atoms with van der Waals surface area (Å²) in [5, 5.41) is 9.09. The van der Waals surface area contributed by atoms with E-state index in [0.717, 1.165) is 5.56 Å². The Morgan fingerprint density at radius 2 is 2.11 bits per heavy atom. The van der Waals surface area contributed by atoms with Crippen molar-refractivity contribution in [1.29, 1.82) is 0 Å². The van der Waals surface area contributed by atoms with Crippen LogP contribution >= 0.6 is 0 Å². The summed E-state index contributed by atoms with van der Waals surface area (Å²) in [7, 11) is 0. The second-order valence-electron chi connectivity index (χ2n) is 3.81. The number of rotatable bonds is 3. The first-order valence-electron chi connectivity index (χ1n) is 5.49. The third kappa shape index (κ3) is 3.10. The fourth-order valence-corrected chi connectivity index (χ4v) is 1.51. The van der Waals surface area contributed by atoms with Crippen molar-refractivity contribution in [1.82, 2.24) is 0 Å². The normalized spacial score (nSPS) is 18.9. The van der Waals surface area contributed by atoms with E-state index in [2.05, 4.69) is 4.74 Å². The van der Waals surface area contributed by atoms with Crippen LogP contribution in [0.15, 0.2) is 30.3 Å². The van der Waals surface area contributed by atoms with E-state index in [-0.39, 0.29) is 5.75 Å². The zero-order valence-electron chi connectivity index (χ0n) is 9.54. The van der Waals surface area contributed by atoms with Crippen molar-refractivity contribution < 1.29 is 24.2 Å². The van der Waals surface area contributed by atoms with Crippen LogP contribution in [0.2, 0.25) is 0 Å². The van der Waals surface area contributed by atoms with Crippen LogP contribution in [0.4, 0.5) is 0 Å². The summed E-state index contributed by atoms with van der Waals surface area (Å²) in [6.45, 7) is 0.290. The molecule has 1 aromatic carbocycles. The first-order chi connectivity index (χ1) is 8.65. The topological polar surface area (TPSA) is 72.8 Å². The number of benzene rings is 1. The molecular weight excluding hydrogens is 236 g/mol. The molecule has 94 valence electrons. The molecule has 5 nitrogen and oxygen atoms in total. The zero-order chi connectivity index (χ0) is 13.0. The van der Waals surface area contributed by atoms with Crippen molar-refractivity contribution >= 4 is 18.0 Å². The minimum absolute atomic E-state index is 0.156. The van der Waals surface area contributed by atoms with Gasteiger partial charge in [-0.25, -0.2) is 9.59 Å². The van der Waals surface area contributed by atoms with Gasteiger partial charge in [0.05, 0.1) is 6.61 Å². The smallest absolute Gasteiger partial charge is 0.347 e. The van der Waals surface area contributed by atoms with Gasteiger partial charge in [0, 0.05) is 12.5 Å². The molecule has 1 atom stereocenters. The van der Waals surface area contributed by atoms with E-state index in [1.54, 1.807) is 18.2 Å². The SMILES string of the molecule is O=C(/C=C/c1ccc(O)cc1)O[C@H]1CCOC1=O. The van der Waals surface area contributed by atoms with Gasteiger partial charge in [0.2, 0.25) is 6.10 Å². The lowest BCUT2D eigenvalue weighted by Crippen LogP contribution is -2.21. The van der Waals surface area contributed by atoms with E-state index in [1.165, 1.54) is 18.2 Å². The second-order valence-corrected chi connectivity index (χ2v) is 3.81. The number of carbonyl (C=O) groups is 2. The first kappa shape index (κ1) is 12.2. The molecule has 1 fully saturated rings. The molecule has 1 N–H and O–H groups in total. The minimum atomic E-state index is -0.790. The van der Waals surface area contributed by atoms with Gasteiger partial charge in [-0.15, -0.1) is 0 Å². The van der Waals surface area contributed by atoms with E-state index >= 15 is 0 Å². The number of esters is 2. The zero-order valence-corrected chi connectivity index (χ0v) is 9.54. The van der Waals surface area contributed by atoms with Gasteiger partial charge >= 0.3 is 11.9 Å². The Kier molecular flexibility index (Phi) is 3.62. The van der Waals surface area contributed by atoms with Crippen molar-refractivity contribution in [3.8, 4) is 5.75 Å². The lowest BCUT2D eigenvalue weighted by Gasteiger charge is -2.04. The maximum atomic E-state index is 11.4. The maximum Gasteiger partial charge on any atom is 0.347 e. The number of hydrogen-bond donors (Lipinski definition) is 1. The van der Waals surface area contributed by atoms with Crippen LogP contribution in [0.5, 0.6) is 5.75 Å². The number of hydrogen-bond acceptors (Lipinski definition) is 5. The molecule has 0 spiro atoms. The van der Waals surface area contributed by atoms with Gasteiger partial charge in [-0.1, -0.05) is 12.1 Å². The number of cyclic esters (lactones) is 1. The molecule has 0 radical (unpaired) electrons. The van der Waals surface area contributed by atoms with E-state index in [9.17, 15) is 9.59 Å². The van der Waals surface area contributed by atoms with Crippen LogP contribution in [-0.4, -0.2) is 29.8 Å². The molecular formula is C13H12O5. The van der Waals surface area contributed by atoms with Crippen molar-refractivity contribution in [2.75, 3.05) is 6.61 Å². The average Bonchev–Trinajstić information content (AvgIpc) is 2.74. The lowest BCUT2D eigenvalue weighted by molar-refractivity contribution is -0.156. The third-order valence-corrected chi connectivity index (χ3v) is 2.45. The van der Waals surface area contributed by atoms with E-state index < -0.39 is 18.0 Å². The molecule has 0 bridgehead atoms. The first-order valence-corrected chi connectivity index (χ1v) is 5.49. The number of aromatic hydroxyl groups is 1. The average molecular weight is 248 g/mol. The Morgan fingerprint density at radius 3 is 2.72 bits per heavy atom. The van der Waals surface area contributed by atoms with Gasteiger partial charge in [-0.2, -0.15) is 0 Å². The molecule has 0 unspecified atom stereocenters. The molecule has 1 aliphatic rings. The van der Waals surface area contributed by atoms with E-state index in [1.807, 2.05) is 0 Å². The standard InChI is InChI=1S/C13H12O5/c14-10-4-1-9(2-5-10)3-6-12(15)18-11-7-8-17-13(11)16/h1-6,11,14H,7-8H2/b6-3+/t11-/m0/s1. The van der Waals surface area contributed by atoms with Gasteiger partial charge in [-0.3, -0.25) is 0 Å². The van der Waals surface area contributed by atoms with Crippen LogP contribution in [-0.2, 0) is 19.1 Å². The van der Waals surface area contributed by atoms with Gasteiger partial charge in [0.15, 0.2) is 0 Å². The number of phenolic OH excluding ortho intramolecular Hbond substituents is 1. The summed E-state index contributed by atoms with van der Waals surface area (Å²) in [5.74, 6) is -0.934. The van der Waals surface area contributed by atoms with Crippen LogP contribution in [0.1, 0.15) is 12.0 Å². The molecule has 18 heavy (non-hydrogen) atoms.